The van der Waals surface area contributed by atoms with Crippen LogP contribution in [0.3, 0.4) is 0 Å². The average Bonchev–Trinajstić information content (AvgIpc) is 3.17. The first-order valence-corrected chi connectivity index (χ1v) is 8.39. The molecule has 4 nitrogen and oxygen atoms in total. The molecule has 0 aliphatic carbocycles. The largest absolute Gasteiger partial charge is 0.497 e. The zero-order valence-electron chi connectivity index (χ0n) is 13.6. The van der Waals surface area contributed by atoms with Crippen molar-refractivity contribution < 1.29 is 4.74 Å². The third-order valence-corrected chi connectivity index (χ3v) is 4.84. The molecule has 0 amide bonds. The molecule has 3 aromatic rings. The lowest BCUT2D eigenvalue weighted by atomic mass is 10.1. The highest BCUT2D eigenvalue weighted by molar-refractivity contribution is 7.11. The standard InChI is InChI=1S/C18H21N3OS/c1-13-4-9-16(23-13)12-20-17(18-19-10-11-21(18)2)14-5-7-15(22-3)8-6-14/h4-11,17,20H,12H2,1-3H3/t17-/m0/s1. The van der Waals surface area contributed by atoms with Crippen molar-refractivity contribution in [3.8, 4) is 5.75 Å². The van der Waals surface area contributed by atoms with Crippen molar-refractivity contribution in [3.05, 3.63) is 69.9 Å². The lowest BCUT2D eigenvalue weighted by Crippen LogP contribution is -2.24. The zero-order valence-corrected chi connectivity index (χ0v) is 14.4. The summed E-state index contributed by atoms with van der Waals surface area (Å²) in [6.45, 7) is 2.95. The number of aromatic nitrogens is 2. The molecule has 0 unspecified atom stereocenters. The van der Waals surface area contributed by atoms with E-state index in [1.165, 1.54) is 15.3 Å². The fourth-order valence-electron chi connectivity index (χ4n) is 2.59. The first kappa shape index (κ1) is 15.8. The van der Waals surface area contributed by atoms with Crippen LogP contribution in [0.2, 0.25) is 0 Å². The van der Waals surface area contributed by atoms with Crippen molar-refractivity contribution in [1.82, 2.24) is 14.9 Å². The van der Waals surface area contributed by atoms with E-state index in [2.05, 4.69) is 46.1 Å². The molecule has 0 saturated heterocycles. The van der Waals surface area contributed by atoms with Gasteiger partial charge in [-0.25, -0.2) is 4.98 Å². The highest BCUT2D eigenvalue weighted by atomic mass is 32.1. The van der Waals surface area contributed by atoms with Crippen molar-refractivity contribution in [2.24, 2.45) is 7.05 Å². The van der Waals surface area contributed by atoms with Crippen molar-refractivity contribution in [3.63, 3.8) is 0 Å². The quantitative estimate of drug-likeness (QED) is 0.751. The molecule has 2 aromatic heterocycles. The zero-order chi connectivity index (χ0) is 16.2. The summed E-state index contributed by atoms with van der Waals surface area (Å²) in [6.07, 6.45) is 3.81. The van der Waals surface area contributed by atoms with E-state index in [1.807, 2.05) is 42.9 Å². The van der Waals surface area contributed by atoms with E-state index in [0.717, 1.165) is 18.1 Å². The van der Waals surface area contributed by atoms with Crippen LogP contribution in [0.1, 0.15) is 27.2 Å². The molecule has 1 atom stereocenters. The van der Waals surface area contributed by atoms with Gasteiger partial charge in [-0.15, -0.1) is 11.3 Å². The van der Waals surface area contributed by atoms with Gasteiger partial charge in [0.15, 0.2) is 0 Å². The Hall–Kier alpha value is -2.11. The molecular weight excluding hydrogens is 306 g/mol. The number of methoxy groups -OCH3 is 1. The summed E-state index contributed by atoms with van der Waals surface area (Å²) in [5, 5.41) is 3.63. The van der Waals surface area contributed by atoms with Crippen LogP contribution in [-0.2, 0) is 13.6 Å². The first-order valence-electron chi connectivity index (χ1n) is 7.57. The van der Waals surface area contributed by atoms with Gasteiger partial charge >= 0.3 is 0 Å². The van der Waals surface area contributed by atoms with Crippen molar-refractivity contribution in [1.29, 1.82) is 0 Å². The second-order valence-corrected chi connectivity index (χ2v) is 6.87. The van der Waals surface area contributed by atoms with E-state index >= 15 is 0 Å². The van der Waals surface area contributed by atoms with Gasteiger partial charge in [0.05, 0.1) is 13.2 Å². The molecule has 120 valence electrons. The van der Waals surface area contributed by atoms with Crippen LogP contribution in [0.5, 0.6) is 5.75 Å². The molecule has 2 heterocycles. The third kappa shape index (κ3) is 3.63. The Balaban J connectivity index is 1.85. The third-order valence-electron chi connectivity index (χ3n) is 3.84. The average molecular weight is 327 g/mol. The molecular formula is C18H21N3OS. The van der Waals surface area contributed by atoms with Crippen LogP contribution in [0, 0.1) is 6.92 Å². The molecule has 0 aliphatic heterocycles. The highest BCUT2D eigenvalue weighted by Gasteiger charge is 2.18. The van der Waals surface area contributed by atoms with Crippen LogP contribution < -0.4 is 10.1 Å². The maximum absolute atomic E-state index is 5.26. The molecule has 5 heteroatoms. The number of ether oxygens (including phenoxy) is 1. The van der Waals surface area contributed by atoms with E-state index in [0.29, 0.717) is 0 Å². The number of hydrogen-bond donors (Lipinski definition) is 1. The van der Waals surface area contributed by atoms with E-state index in [4.69, 9.17) is 4.74 Å². The monoisotopic (exact) mass is 327 g/mol. The molecule has 0 bridgehead atoms. The minimum atomic E-state index is 0.0447. The topological polar surface area (TPSA) is 39.1 Å². The lowest BCUT2D eigenvalue weighted by Gasteiger charge is -2.19. The van der Waals surface area contributed by atoms with Gasteiger partial charge in [-0.2, -0.15) is 0 Å². The van der Waals surface area contributed by atoms with Gasteiger partial charge in [-0.3, -0.25) is 5.32 Å². The Morgan fingerprint density at radius 1 is 1.22 bits per heavy atom. The van der Waals surface area contributed by atoms with Crippen LogP contribution >= 0.6 is 11.3 Å². The number of hydrogen-bond acceptors (Lipinski definition) is 4. The van der Waals surface area contributed by atoms with Gasteiger partial charge in [0.1, 0.15) is 11.6 Å². The Morgan fingerprint density at radius 3 is 2.57 bits per heavy atom. The first-order chi connectivity index (χ1) is 11.2. The smallest absolute Gasteiger partial charge is 0.130 e. The molecule has 0 radical (unpaired) electrons. The van der Waals surface area contributed by atoms with E-state index < -0.39 is 0 Å². The fraction of sp³-hybridized carbons (Fsp3) is 0.278. The number of rotatable bonds is 6. The van der Waals surface area contributed by atoms with Crippen LogP contribution in [0.4, 0.5) is 0 Å². The summed E-state index contributed by atoms with van der Waals surface area (Å²) in [4.78, 5) is 7.19. The predicted octanol–water partition coefficient (Wildman–Crippen LogP) is 3.68. The Bertz CT molecular complexity index is 761. The molecule has 0 saturated carbocycles. The summed E-state index contributed by atoms with van der Waals surface area (Å²) >= 11 is 1.82. The molecule has 1 aromatic carbocycles. The summed E-state index contributed by atoms with van der Waals surface area (Å²) in [7, 11) is 3.71. The number of thiophene rings is 1. The number of aryl methyl sites for hydroxylation is 2. The normalized spacial score (nSPS) is 12.3. The second-order valence-electron chi connectivity index (χ2n) is 5.50. The minimum Gasteiger partial charge on any atom is -0.497 e. The van der Waals surface area contributed by atoms with Gasteiger partial charge in [0.25, 0.3) is 0 Å². The summed E-state index contributed by atoms with van der Waals surface area (Å²) in [6, 6.07) is 12.5. The fourth-order valence-corrected chi connectivity index (χ4v) is 3.43. The van der Waals surface area contributed by atoms with Crippen LogP contribution in [0.15, 0.2) is 48.8 Å². The molecule has 0 aliphatic rings. The molecule has 23 heavy (non-hydrogen) atoms. The van der Waals surface area contributed by atoms with Gasteiger partial charge in [-0.1, -0.05) is 12.1 Å². The van der Waals surface area contributed by atoms with E-state index in [9.17, 15) is 0 Å². The number of benzene rings is 1. The van der Waals surface area contributed by atoms with Gasteiger partial charge in [0.2, 0.25) is 0 Å². The SMILES string of the molecule is COc1ccc([C@H](NCc2ccc(C)s2)c2nccn2C)cc1. The van der Waals surface area contributed by atoms with Gasteiger partial charge in [-0.05, 0) is 36.8 Å². The Labute approximate surface area is 140 Å². The maximum atomic E-state index is 5.26. The maximum Gasteiger partial charge on any atom is 0.130 e. The van der Waals surface area contributed by atoms with E-state index in [-0.39, 0.29) is 6.04 Å². The Morgan fingerprint density at radius 2 is 2.00 bits per heavy atom. The minimum absolute atomic E-state index is 0.0447. The predicted molar refractivity (Wildman–Crippen MR) is 93.9 cm³/mol. The molecule has 0 fully saturated rings. The summed E-state index contributed by atoms with van der Waals surface area (Å²) < 4.78 is 7.31. The number of nitrogens with zero attached hydrogens (tertiary/aromatic N) is 2. The highest BCUT2D eigenvalue weighted by Crippen LogP contribution is 2.24. The summed E-state index contributed by atoms with van der Waals surface area (Å²) in [5.74, 6) is 1.87. The van der Waals surface area contributed by atoms with Gasteiger partial charge in [0, 0.05) is 35.7 Å². The van der Waals surface area contributed by atoms with Crippen molar-refractivity contribution in [2.45, 2.75) is 19.5 Å². The number of nitrogens with one attached hydrogen (secondary N) is 1. The van der Waals surface area contributed by atoms with Crippen LogP contribution in [-0.4, -0.2) is 16.7 Å². The second kappa shape index (κ2) is 6.98. The molecule has 0 spiro atoms. The number of imidazole rings is 1. The summed E-state index contributed by atoms with van der Waals surface area (Å²) in [5.41, 5.74) is 1.17. The van der Waals surface area contributed by atoms with Crippen molar-refractivity contribution >= 4 is 11.3 Å². The Kier molecular flexibility index (Phi) is 4.79. The lowest BCUT2D eigenvalue weighted by molar-refractivity contribution is 0.414. The van der Waals surface area contributed by atoms with Gasteiger partial charge < -0.3 is 9.30 Å². The molecule has 3 rings (SSSR count). The molecule has 1 N–H and O–H groups in total. The van der Waals surface area contributed by atoms with Crippen molar-refractivity contribution in [2.75, 3.05) is 7.11 Å². The van der Waals surface area contributed by atoms with E-state index in [1.54, 1.807) is 7.11 Å². The van der Waals surface area contributed by atoms with Crippen LogP contribution in [0.25, 0.3) is 0 Å².